The summed E-state index contributed by atoms with van der Waals surface area (Å²) in [6.07, 6.45) is 0. The lowest BCUT2D eigenvalue weighted by atomic mass is 10.2. The Labute approximate surface area is 129 Å². The van der Waals surface area contributed by atoms with Gasteiger partial charge in [-0.25, -0.2) is 14.2 Å². The molecule has 3 rings (SSSR count). The van der Waals surface area contributed by atoms with E-state index in [2.05, 4.69) is 10.1 Å². The Hall–Kier alpha value is -2.54. The number of carbonyl (C=O) groups is 1. The highest BCUT2D eigenvalue weighted by molar-refractivity contribution is 7.13. The van der Waals surface area contributed by atoms with E-state index in [4.69, 9.17) is 9.26 Å². The maximum Gasteiger partial charge on any atom is 0.377 e. The van der Waals surface area contributed by atoms with Gasteiger partial charge in [0.15, 0.2) is 0 Å². The average molecular weight is 318 g/mol. The van der Waals surface area contributed by atoms with Crippen molar-refractivity contribution >= 4 is 17.3 Å². The maximum atomic E-state index is 12.9. The molecule has 0 fully saturated rings. The molecule has 0 saturated heterocycles. The van der Waals surface area contributed by atoms with Crippen LogP contribution in [0.15, 0.2) is 40.2 Å². The molecule has 0 aliphatic rings. The Morgan fingerprint density at radius 1 is 1.36 bits per heavy atom. The lowest BCUT2D eigenvalue weighted by Gasteiger charge is -1.99. The standard InChI is InChI=1S/C15H11FN2O3S/c1-9-6-13(21-18-9)15(19)20-7-12-8-22-14(17-12)10-2-4-11(16)5-3-10/h2-6,8H,7H2,1H3. The van der Waals surface area contributed by atoms with Crippen LogP contribution in [0.2, 0.25) is 0 Å². The van der Waals surface area contributed by atoms with Crippen LogP contribution in [-0.4, -0.2) is 16.1 Å². The SMILES string of the molecule is Cc1cc(C(=O)OCc2csc(-c3ccc(F)cc3)n2)on1. The van der Waals surface area contributed by atoms with Gasteiger partial charge in [-0.3, -0.25) is 0 Å². The first-order valence-corrected chi connectivity index (χ1v) is 7.30. The molecular weight excluding hydrogens is 307 g/mol. The second kappa shape index (κ2) is 6.07. The van der Waals surface area contributed by atoms with Crippen LogP contribution in [0.1, 0.15) is 21.9 Å². The van der Waals surface area contributed by atoms with Crippen molar-refractivity contribution in [1.29, 1.82) is 0 Å². The van der Waals surface area contributed by atoms with E-state index in [0.29, 0.717) is 11.4 Å². The molecule has 22 heavy (non-hydrogen) atoms. The molecule has 0 bridgehead atoms. The number of aryl methyl sites for hydroxylation is 1. The third-order valence-electron chi connectivity index (χ3n) is 2.82. The molecule has 0 unspecified atom stereocenters. The zero-order valence-electron chi connectivity index (χ0n) is 11.6. The minimum atomic E-state index is -0.586. The number of ether oxygens (including phenoxy) is 1. The van der Waals surface area contributed by atoms with Crippen LogP contribution < -0.4 is 0 Å². The number of rotatable bonds is 4. The topological polar surface area (TPSA) is 65.2 Å². The third-order valence-corrected chi connectivity index (χ3v) is 3.76. The molecular formula is C15H11FN2O3S. The number of hydrogen-bond acceptors (Lipinski definition) is 6. The van der Waals surface area contributed by atoms with Gasteiger partial charge in [0.05, 0.1) is 11.4 Å². The largest absolute Gasteiger partial charge is 0.453 e. The molecule has 0 N–H and O–H groups in total. The van der Waals surface area contributed by atoms with Crippen molar-refractivity contribution in [3.8, 4) is 10.6 Å². The van der Waals surface area contributed by atoms with Crippen LogP contribution in [0.5, 0.6) is 0 Å². The van der Waals surface area contributed by atoms with Gasteiger partial charge in [-0.1, -0.05) is 5.16 Å². The summed E-state index contributed by atoms with van der Waals surface area (Å²) in [4.78, 5) is 16.1. The zero-order valence-corrected chi connectivity index (χ0v) is 12.4. The highest BCUT2D eigenvalue weighted by Gasteiger charge is 2.14. The smallest absolute Gasteiger partial charge is 0.377 e. The fourth-order valence-corrected chi connectivity index (χ4v) is 2.58. The molecule has 2 heterocycles. The summed E-state index contributed by atoms with van der Waals surface area (Å²) >= 11 is 1.40. The van der Waals surface area contributed by atoms with E-state index in [9.17, 15) is 9.18 Å². The Kier molecular flexibility index (Phi) is 3.97. The van der Waals surface area contributed by atoms with E-state index in [1.807, 2.05) is 0 Å². The van der Waals surface area contributed by atoms with Crippen LogP contribution >= 0.6 is 11.3 Å². The summed E-state index contributed by atoms with van der Waals surface area (Å²) in [6, 6.07) is 7.57. The van der Waals surface area contributed by atoms with E-state index >= 15 is 0 Å². The predicted molar refractivity (Wildman–Crippen MR) is 77.9 cm³/mol. The van der Waals surface area contributed by atoms with Gasteiger partial charge in [-0.2, -0.15) is 0 Å². The van der Waals surface area contributed by atoms with Gasteiger partial charge in [0.1, 0.15) is 17.4 Å². The Morgan fingerprint density at radius 3 is 2.82 bits per heavy atom. The van der Waals surface area contributed by atoms with Crippen molar-refractivity contribution in [2.75, 3.05) is 0 Å². The van der Waals surface area contributed by atoms with E-state index in [-0.39, 0.29) is 18.2 Å². The number of halogens is 1. The van der Waals surface area contributed by atoms with Crippen molar-refractivity contribution in [1.82, 2.24) is 10.1 Å². The lowest BCUT2D eigenvalue weighted by Crippen LogP contribution is -2.04. The fourth-order valence-electron chi connectivity index (χ4n) is 1.77. The van der Waals surface area contributed by atoms with Crippen molar-refractivity contribution in [3.05, 3.63) is 58.7 Å². The van der Waals surface area contributed by atoms with Crippen LogP contribution in [0.25, 0.3) is 10.6 Å². The third kappa shape index (κ3) is 3.20. The maximum absolute atomic E-state index is 12.9. The monoisotopic (exact) mass is 318 g/mol. The summed E-state index contributed by atoms with van der Waals surface area (Å²) in [6.45, 7) is 1.76. The molecule has 0 spiro atoms. The molecule has 3 aromatic rings. The summed E-state index contributed by atoms with van der Waals surface area (Å²) in [5, 5.41) is 6.15. The summed E-state index contributed by atoms with van der Waals surface area (Å²) in [5.74, 6) is -0.819. The van der Waals surface area contributed by atoms with Crippen LogP contribution in [-0.2, 0) is 11.3 Å². The molecule has 0 atom stereocenters. The van der Waals surface area contributed by atoms with Crippen LogP contribution in [0.4, 0.5) is 4.39 Å². The Balaban J connectivity index is 1.64. The first-order valence-electron chi connectivity index (χ1n) is 6.42. The average Bonchev–Trinajstić information content (AvgIpc) is 3.15. The minimum absolute atomic E-state index is 0.0380. The Morgan fingerprint density at radius 2 is 2.14 bits per heavy atom. The van der Waals surface area contributed by atoms with Crippen LogP contribution in [0.3, 0.4) is 0 Å². The van der Waals surface area contributed by atoms with Crippen molar-refractivity contribution < 1.29 is 18.4 Å². The van der Waals surface area contributed by atoms with Gasteiger partial charge in [-0.05, 0) is 31.2 Å². The number of benzene rings is 1. The fraction of sp³-hybridized carbons (Fsp3) is 0.133. The molecule has 112 valence electrons. The molecule has 0 saturated carbocycles. The van der Waals surface area contributed by atoms with Gasteiger partial charge in [0.2, 0.25) is 5.76 Å². The highest BCUT2D eigenvalue weighted by Crippen LogP contribution is 2.24. The molecule has 2 aromatic heterocycles. The molecule has 5 nitrogen and oxygen atoms in total. The number of esters is 1. The number of aromatic nitrogens is 2. The van der Waals surface area contributed by atoms with Crippen LogP contribution in [0, 0.1) is 12.7 Å². The lowest BCUT2D eigenvalue weighted by molar-refractivity contribution is 0.0421. The van der Waals surface area contributed by atoms with Gasteiger partial charge >= 0.3 is 5.97 Å². The number of carbonyl (C=O) groups excluding carboxylic acids is 1. The van der Waals surface area contributed by atoms with E-state index in [1.165, 1.54) is 29.5 Å². The van der Waals surface area contributed by atoms with Crippen molar-refractivity contribution in [3.63, 3.8) is 0 Å². The van der Waals surface area contributed by atoms with Crippen molar-refractivity contribution in [2.24, 2.45) is 0 Å². The normalized spacial score (nSPS) is 10.6. The minimum Gasteiger partial charge on any atom is -0.453 e. The summed E-state index contributed by atoms with van der Waals surface area (Å²) < 4.78 is 22.8. The number of nitrogens with zero attached hydrogens (tertiary/aromatic N) is 2. The van der Waals surface area contributed by atoms with E-state index in [0.717, 1.165) is 10.6 Å². The first kappa shape index (κ1) is 14.4. The van der Waals surface area contributed by atoms with Gasteiger partial charge < -0.3 is 9.26 Å². The predicted octanol–water partition coefficient (Wildman–Crippen LogP) is 3.60. The van der Waals surface area contributed by atoms with E-state index in [1.54, 1.807) is 24.4 Å². The second-order valence-electron chi connectivity index (χ2n) is 4.56. The van der Waals surface area contributed by atoms with E-state index < -0.39 is 5.97 Å². The highest BCUT2D eigenvalue weighted by atomic mass is 32.1. The molecule has 1 aromatic carbocycles. The zero-order chi connectivity index (χ0) is 15.5. The summed E-state index contributed by atoms with van der Waals surface area (Å²) in [7, 11) is 0. The quantitative estimate of drug-likeness (QED) is 0.688. The number of thiazole rings is 1. The van der Waals surface area contributed by atoms with Gasteiger partial charge in [0.25, 0.3) is 0 Å². The first-order chi connectivity index (χ1) is 10.6. The second-order valence-corrected chi connectivity index (χ2v) is 5.42. The van der Waals surface area contributed by atoms with Gasteiger partial charge in [-0.15, -0.1) is 11.3 Å². The summed E-state index contributed by atoms with van der Waals surface area (Å²) in [5.41, 5.74) is 2.04. The molecule has 7 heteroatoms. The molecule has 0 aliphatic heterocycles. The van der Waals surface area contributed by atoms with Crippen molar-refractivity contribution in [2.45, 2.75) is 13.5 Å². The number of hydrogen-bond donors (Lipinski definition) is 0. The van der Waals surface area contributed by atoms with Gasteiger partial charge in [0, 0.05) is 17.0 Å². The molecule has 0 aliphatic carbocycles. The molecule has 0 amide bonds. The molecule has 0 radical (unpaired) electrons. The Bertz CT molecular complexity index is 795.